The second-order valence-corrected chi connectivity index (χ2v) is 7.49. The second-order valence-electron chi connectivity index (χ2n) is 6.17. The fourth-order valence-corrected chi connectivity index (χ4v) is 3.89. The van der Waals surface area contributed by atoms with Gasteiger partial charge in [-0.2, -0.15) is 0 Å². The number of nitrogens with zero attached hydrogens (tertiary/aromatic N) is 2. The number of hydrogen-bond donors (Lipinski definition) is 2. The van der Waals surface area contributed by atoms with Crippen molar-refractivity contribution in [2.75, 3.05) is 13.6 Å². The smallest absolute Gasteiger partial charge is 0.315 e. The van der Waals surface area contributed by atoms with Crippen LogP contribution in [0.2, 0.25) is 0 Å². The molecular formula is C17H20F2N4OS. The van der Waals surface area contributed by atoms with Crippen LogP contribution in [0.5, 0.6) is 0 Å². The molecule has 0 saturated carbocycles. The molecule has 2 unspecified atom stereocenters. The Hall–Kier alpha value is -2.06. The Labute approximate surface area is 149 Å². The van der Waals surface area contributed by atoms with Crippen molar-refractivity contribution in [1.29, 1.82) is 0 Å². The number of urea groups is 1. The molecule has 5 nitrogen and oxygen atoms in total. The quantitative estimate of drug-likeness (QED) is 0.875. The van der Waals surface area contributed by atoms with Gasteiger partial charge in [0.05, 0.1) is 23.6 Å². The summed E-state index contributed by atoms with van der Waals surface area (Å²) in [6, 6.07) is 3.26. The Balaban J connectivity index is 1.63. The van der Waals surface area contributed by atoms with E-state index in [2.05, 4.69) is 15.6 Å². The standard InChI is InChI=1S/C17H20F2N4OS/c1-10-20-8-12(25-10)9-21-17(24)22-15-5-6-23(2)16(15)11-3-4-13(18)14(19)7-11/h3-4,7-8,15-16H,5-6,9H2,1-2H3,(H2,21,22,24). The molecule has 2 N–H and O–H groups in total. The van der Waals surface area contributed by atoms with Gasteiger partial charge in [0, 0.05) is 17.6 Å². The number of aryl methyl sites for hydroxylation is 1. The molecule has 2 heterocycles. The summed E-state index contributed by atoms with van der Waals surface area (Å²) in [5.74, 6) is -1.74. The van der Waals surface area contributed by atoms with Crippen molar-refractivity contribution in [3.63, 3.8) is 0 Å². The van der Waals surface area contributed by atoms with E-state index in [-0.39, 0.29) is 18.1 Å². The maximum Gasteiger partial charge on any atom is 0.315 e. The van der Waals surface area contributed by atoms with E-state index in [0.29, 0.717) is 12.1 Å². The van der Waals surface area contributed by atoms with Gasteiger partial charge in [0.1, 0.15) is 0 Å². The Bertz CT molecular complexity index is 767. The topological polar surface area (TPSA) is 57.3 Å². The third kappa shape index (κ3) is 4.13. The lowest BCUT2D eigenvalue weighted by atomic mass is 10.00. The predicted octanol–water partition coefficient (Wildman–Crippen LogP) is 2.97. The van der Waals surface area contributed by atoms with Gasteiger partial charge in [-0.25, -0.2) is 18.6 Å². The number of hydrogen-bond acceptors (Lipinski definition) is 4. The lowest BCUT2D eigenvalue weighted by molar-refractivity contribution is 0.229. The molecule has 8 heteroatoms. The van der Waals surface area contributed by atoms with Crippen LogP contribution in [0.4, 0.5) is 13.6 Å². The highest BCUT2D eigenvalue weighted by atomic mass is 32.1. The zero-order chi connectivity index (χ0) is 18.0. The number of rotatable bonds is 4. The van der Waals surface area contributed by atoms with E-state index < -0.39 is 11.6 Å². The zero-order valence-corrected chi connectivity index (χ0v) is 14.9. The van der Waals surface area contributed by atoms with Gasteiger partial charge in [-0.15, -0.1) is 11.3 Å². The molecule has 1 saturated heterocycles. The number of carbonyl (C=O) groups is 1. The van der Waals surface area contributed by atoms with Crippen LogP contribution in [0.3, 0.4) is 0 Å². The van der Waals surface area contributed by atoms with Crippen molar-refractivity contribution in [3.05, 3.63) is 51.5 Å². The average Bonchev–Trinajstić information content (AvgIpc) is 3.14. The highest BCUT2D eigenvalue weighted by molar-refractivity contribution is 7.11. The Kier molecular flexibility index (Phi) is 5.29. The summed E-state index contributed by atoms with van der Waals surface area (Å²) in [5, 5.41) is 6.71. The van der Waals surface area contributed by atoms with Gasteiger partial charge in [-0.3, -0.25) is 4.90 Å². The predicted molar refractivity (Wildman–Crippen MR) is 92.4 cm³/mol. The Morgan fingerprint density at radius 1 is 1.40 bits per heavy atom. The van der Waals surface area contributed by atoms with E-state index >= 15 is 0 Å². The molecule has 134 valence electrons. The van der Waals surface area contributed by atoms with Gasteiger partial charge in [-0.05, 0) is 38.1 Å². The van der Waals surface area contributed by atoms with E-state index in [1.165, 1.54) is 17.4 Å². The fraction of sp³-hybridized carbons (Fsp3) is 0.412. The SMILES string of the molecule is Cc1ncc(CNC(=O)NC2CCN(C)C2c2ccc(F)c(F)c2)s1. The minimum atomic E-state index is -0.874. The minimum Gasteiger partial charge on any atom is -0.333 e. The van der Waals surface area contributed by atoms with Crippen LogP contribution in [0.25, 0.3) is 0 Å². The van der Waals surface area contributed by atoms with Crippen LogP contribution in [0.15, 0.2) is 24.4 Å². The van der Waals surface area contributed by atoms with Crippen LogP contribution in [-0.4, -0.2) is 35.5 Å². The fourth-order valence-electron chi connectivity index (χ4n) is 3.15. The van der Waals surface area contributed by atoms with Crippen LogP contribution < -0.4 is 10.6 Å². The second kappa shape index (κ2) is 7.45. The first-order valence-electron chi connectivity index (χ1n) is 8.05. The molecule has 0 aliphatic carbocycles. The van der Waals surface area contributed by atoms with Crippen molar-refractivity contribution in [2.24, 2.45) is 0 Å². The van der Waals surface area contributed by atoms with Gasteiger partial charge in [-0.1, -0.05) is 6.07 Å². The molecule has 0 bridgehead atoms. The first-order chi connectivity index (χ1) is 11.9. The van der Waals surface area contributed by atoms with E-state index in [4.69, 9.17) is 0 Å². The third-order valence-corrected chi connectivity index (χ3v) is 5.26. The molecule has 0 spiro atoms. The van der Waals surface area contributed by atoms with Gasteiger partial charge in [0.15, 0.2) is 11.6 Å². The molecule has 2 amide bonds. The van der Waals surface area contributed by atoms with Crippen LogP contribution in [0.1, 0.15) is 27.9 Å². The number of carbonyl (C=O) groups excluding carboxylic acids is 1. The summed E-state index contributed by atoms with van der Waals surface area (Å²) >= 11 is 1.53. The van der Waals surface area contributed by atoms with Crippen LogP contribution >= 0.6 is 11.3 Å². The monoisotopic (exact) mass is 366 g/mol. The molecular weight excluding hydrogens is 346 g/mol. The highest BCUT2D eigenvalue weighted by Gasteiger charge is 2.34. The molecule has 25 heavy (non-hydrogen) atoms. The summed E-state index contributed by atoms with van der Waals surface area (Å²) < 4.78 is 26.7. The van der Waals surface area contributed by atoms with Crippen molar-refractivity contribution in [1.82, 2.24) is 20.5 Å². The van der Waals surface area contributed by atoms with Crippen molar-refractivity contribution in [3.8, 4) is 0 Å². The average molecular weight is 366 g/mol. The number of aromatic nitrogens is 1. The summed E-state index contributed by atoms with van der Waals surface area (Å²) in [6.45, 7) is 3.09. The molecule has 1 aliphatic rings. The summed E-state index contributed by atoms with van der Waals surface area (Å²) in [7, 11) is 1.91. The Morgan fingerprint density at radius 3 is 2.88 bits per heavy atom. The molecule has 2 atom stereocenters. The maximum atomic E-state index is 13.6. The number of benzene rings is 1. The zero-order valence-electron chi connectivity index (χ0n) is 14.1. The van der Waals surface area contributed by atoms with E-state index in [1.54, 1.807) is 12.3 Å². The van der Waals surface area contributed by atoms with Crippen LogP contribution in [0, 0.1) is 18.6 Å². The summed E-state index contributed by atoms with van der Waals surface area (Å²) in [6.07, 6.45) is 2.49. The lowest BCUT2D eigenvalue weighted by Crippen LogP contribution is -2.44. The maximum absolute atomic E-state index is 13.6. The third-order valence-electron chi connectivity index (χ3n) is 4.34. The molecule has 1 aromatic carbocycles. The number of amides is 2. The molecule has 1 aliphatic heterocycles. The van der Waals surface area contributed by atoms with Crippen molar-refractivity contribution < 1.29 is 13.6 Å². The molecule has 2 aromatic rings. The normalized spacial score (nSPS) is 20.6. The number of halogens is 2. The lowest BCUT2D eigenvalue weighted by Gasteiger charge is -2.26. The molecule has 0 radical (unpaired) electrons. The first kappa shape index (κ1) is 17.8. The Morgan fingerprint density at radius 2 is 2.20 bits per heavy atom. The number of thiazole rings is 1. The number of nitrogens with one attached hydrogen (secondary N) is 2. The first-order valence-corrected chi connectivity index (χ1v) is 8.86. The van der Waals surface area contributed by atoms with Gasteiger partial charge in [0.25, 0.3) is 0 Å². The van der Waals surface area contributed by atoms with E-state index in [0.717, 1.165) is 28.9 Å². The van der Waals surface area contributed by atoms with Gasteiger partial charge >= 0.3 is 6.03 Å². The largest absolute Gasteiger partial charge is 0.333 e. The molecule has 3 rings (SSSR count). The molecule has 1 fully saturated rings. The summed E-state index contributed by atoms with van der Waals surface area (Å²) in [4.78, 5) is 19.4. The van der Waals surface area contributed by atoms with E-state index in [9.17, 15) is 13.6 Å². The van der Waals surface area contributed by atoms with Crippen molar-refractivity contribution >= 4 is 17.4 Å². The van der Waals surface area contributed by atoms with Crippen LogP contribution in [-0.2, 0) is 6.54 Å². The highest BCUT2D eigenvalue weighted by Crippen LogP contribution is 2.31. The van der Waals surface area contributed by atoms with Gasteiger partial charge < -0.3 is 10.6 Å². The summed E-state index contributed by atoms with van der Waals surface area (Å²) in [5.41, 5.74) is 0.655. The number of likely N-dealkylation sites (N-methyl/N-ethyl adjacent to an activating group) is 1. The minimum absolute atomic E-state index is 0.168. The van der Waals surface area contributed by atoms with E-state index in [1.807, 2.05) is 18.9 Å². The number of likely N-dealkylation sites (tertiary alicyclic amines) is 1. The van der Waals surface area contributed by atoms with Crippen molar-refractivity contribution in [2.45, 2.75) is 32.0 Å². The van der Waals surface area contributed by atoms with Gasteiger partial charge in [0.2, 0.25) is 0 Å². The molecule has 1 aromatic heterocycles.